The fourth-order valence-electron chi connectivity index (χ4n) is 1.57. The summed E-state index contributed by atoms with van der Waals surface area (Å²) in [7, 11) is 0. The van der Waals surface area contributed by atoms with Crippen LogP contribution in [0.3, 0.4) is 0 Å². The van der Waals surface area contributed by atoms with Gasteiger partial charge in [-0.2, -0.15) is 0 Å². The molecule has 0 unspecified atom stereocenters. The Bertz CT molecular complexity index is 694. The van der Waals surface area contributed by atoms with Crippen LogP contribution in [0, 0.1) is 0 Å². The summed E-state index contributed by atoms with van der Waals surface area (Å²) in [6.07, 6.45) is 0. The highest BCUT2D eigenvalue weighted by Gasteiger charge is 2.12. The van der Waals surface area contributed by atoms with Crippen molar-refractivity contribution in [3.8, 4) is 28.7 Å². The average Bonchev–Trinajstić information content (AvgIpc) is 2.43. The first kappa shape index (κ1) is 14.2. The lowest BCUT2D eigenvalue weighted by Crippen LogP contribution is -1.96. The number of ether oxygens (including phenoxy) is 2. The summed E-state index contributed by atoms with van der Waals surface area (Å²) >= 11 is 0. The van der Waals surface area contributed by atoms with Gasteiger partial charge in [0.05, 0.1) is 5.56 Å². The third kappa shape index (κ3) is 3.21. The summed E-state index contributed by atoms with van der Waals surface area (Å²) in [5, 5.41) is 28.2. The number of phenolic OH excluding ortho intramolecular Hbond substituents is 2. The molecule has 3 N–H and O–H groups in total. The van der Waals surface area contributed by atoms with Crippen LogP contribution in [0.1, 0.15) is 10.4 Å². The maximum absolute atomic E-state index is 10.7. The van der Waals surface area contributed by atoms with E-state index in [-0.39, 0.29) is 40.8 Å². The van der Waals surface area contributed by atoms with Crippen molar-refractivity contribution in [1.29, 1.82) is 0 Å². The Labute approximate surface area is 118 Å². The molecule has 0 atom stereocenters. The molecule has 0 spiro atoms. The number of carboxylic acids is 1. The number of hydrogen-bond donors (Lipinski definition) is 3. The predicted octanol–water partition coefficient (Wildman–Crippen LogP) is 2.12. The van der Waals surface area contributed by atoms with E-state index in [2.05, 4.69) is 4.74 Å². The molecule has 0 aliphatic heterocycles. The molecule has 7 heteroatoms. The van der Waals surface area contributed by atoms with Gasteiger partial charge < -0.3 is 24.8 Å². The molecule has 2 aromatic rings. The van der Waals surface area contributed by atoms with Crippen LogP contribution in [0.15, 0.2) is 36.4 Å². The molecule has 0 saturated heterocycles. The number of hydrogen-bond acceptors (Lipinski definition) is 6. The van der Waals surface area contributed by atoms with E-state index >= 15 is 0 Å². The molecule has 2 aromatic carbocycles. The maximum atomic E-state index is 10.7. The number of phenols is 2. The van der Waals surface area contributed by atoms with Crippen LogP contribution in [-0.4, -0.2) is 27.8 Å². The second-order valence-electron chi connectivity index (χ2n) is 3.93. The van der Waals surface area contributed by atoms with Crippen molar-refractivity contribution in [2.75, 3.05) is 0 Å². The lowest BCUT2D eigenvalue weighted by molar-refractivity contribution is -0.120. The quantitative estimate of drug-likeness (QED) is 0.723. The van der Waals surface area contributed by atoms with Crippen molar-refractivity contribution in [3.63, 3.8) is 0 Å². The van der Waals surface area contributed by atoms with Crippen LogP contribution >= 0.6 is 0 Å². The molecule has 108 valence electrons. The standard InChI is InChI=1S/C14H10O7/c15-7-20-9-2-4-13(11(17)6-9)21-12-3-1-8(14(18)19)5-10(12)16/h1-7,16-17H,(H,18,19). The Morgan fingerprint density at radius 3 is 2.14 bits per heavy atom. The lowest BCUT2D eigenvalue weighted by atomic mass is 10.2. The topological polar surface area (TPSA) is 113 Å². The number of rotatable bonds is 5. The van der Waals surface area contributed by atoms with E-state index in [1.54, 1.807) is 0 Å². The van der Waals surface area contributed by atoms with Gasteiger partial charge in [0.15, 0.2) is 23.0 Å². The van der Waals surface area contributed by atoms with Crippen molar-refractivity contribution in [2.24, 2.45) is 0 Å². The second-order valence-corrected chi connectivity index (χ2v) is 3.93. The highest BCUT2D eigenvalue weighted by atomic mass is 16.5. The van der Waals surface area contributed by atoms with Gasteiger partial charge in [-0.05, 0) is 30.3 Å². The predicted molar refractivity (Wildman–Crippen MR) is 69.9 cm³/mol. The molecule has 7 nitrogen and oxygen atoms in total. The fourth-order valence-corrected chi connectivity index (χ4v) is 1.57. The Balaban J connectivity index is 2.26. The van der Waals surface area contributed by atoms with Crippen molar-refractivity contribution < 1.29 is 34.4 Å². The molecule has 0 bridgehead atoms. The smallest absolute Gasteiger partial charge is 0.335 e. The van der Waals surface area contributed by atoms with Gasteiger partial charge in [-0.15, -0.1) is 0 Å². The first-order valence-corrected chi connectivity index (χ1v) is 5.68. The summed E-state index contributed by atoms with van der Waals surface area (Å²) in [6, 6.07) is 7.40. The SMILES string of the molecule is O=COc1ccc(Oc2ccc(C(=O)O)cc2O)c(O)c1. The van der Waals surface area contributed by atoms with Crippen LogP contribution in [-0.2, 0) is 4.79 Å². The number of carbonyl (C=O) groups is 2. The molecule has 21 heavy (non-hydrogen) atoms. The first-order valence-electron chi connectivity index (χ1n) is 5.68. The largest absolute Gasteiger partial charge is 0.504 e. The molecular weight excluding hydrogens is 280 g/mol. The summed E-state index contributed by atoms with van der Waals surface area (Å²) in [6.45, 7) is 0.214. The van der Waals surface area contributed by atoms with E-state index in [9.17, 15) is 19.8 Å². The monoisotopic (exact) mass is 290 g/mol. The fraction of sp³-hybridized carbons (Fsp3) is 0. The van der Waals surface area contributed by atoms with E-state index in [1.807, 2.05) is 0 Å². The zero-order valence-corrected chi connectivity index (χ0v) is 10.5. The zero-order valence-electron chi connectivity index (χ0n) is 10.5. The summed E-state index contributed by atoms with van der Waals surface area (Å²) in [5.74, 6) is -1.78. The molecule has 2 rings (SSSR count). The molecule has 0 aliphatic carbocycles. The Kier molecular flexibility index (Phi) is 3.94. The van der Waals surface area contributed by atoms with Crippen LogP contribution in [0.4, 0.5) is 0 Å². The van der Waals surface area contributed by atoms with E-state index in [0.29, 0.717) is 0 Å². The lowest BCUT2D eigenvalue weighted by Gasteiger charge is -2.10. The third-order valence-corrected chi connectivity index (χ3v) is 2.54. The Morgan fingerprint density at radius 2 is 1.62 bits per heavy atom. The molecule has 0 heterocycles. The molecule has 0 radical (unpaired) electrons. The average molecular weight is 290 g/mol. The Hall–Kier alpha value is -3.22. The van der Waals surface area contributed by atoms with Gasteiger partial charge in [-0.3, -0.25) is 4.79 Å². The summed E-state index contributed by atoms with van der Waals surface area (Å²) in [4.78, 5) is 20.9. The van der Waals surface area contributed by atoms with Gasteiger partial charge in [0.25, 0.3) is 6.47 Å². The number of benzene rings is 2. The minimum Gasteiger partial charge on any atom is -0.504 e. The summed E-state index contributed by atoms with van der Waals surface area (Å²) in [5.41, 5.74) is -0.0983. The van der Waals surface area contributed by atoms with E-state index in [1.165, 1.54) is 24.3 Å². The number of aromatic carboxylic acids is 1. The van der Waals surface area contributed by atoms with Crippen molar-refractivity contribution in [2.45, 2.75) is 0 Å². The first-order chi connectivity index (χ1) is 10.0. The minimum atomic E-state index is -1.19. The number of aromatic hydroxyl groups is 2. The van der Waals surface area contributed by atoms with Gasteiger partial charge in [-0.1, -0.05) is 0 Å². The number of carbonyl (C=O) groups excluding carboxylic acids is 1. The molecule has 0 aromatic heterocycles. The maximum Gasteiger partial charge on any atom is 0.335 e. The number of carboxylic acid groups (broad SMARTS) is 1. The highest BCUT2D eigenvalue weighted by molar-refractivity contribution is 5.88. The van der Waals surface area contributed by atoms with Gasteiger partial charge in [0.2, 0.25) is 0 Å². The molecule has 0 amide bonds. The highest BCUT2D eigenvalue weighted by Crippen LogP contribution is 2.37. The van der Waals surface area contributed by atoms with Gasteiger partial charge in [-0.25, -0.2) is 4.79 Å². The molecule has 0 saturated carbocycles. The van der Waals surface area contributed by atoms with Gasteiger partial charge >= 0.3 is 5.97 Å². The van der Waals surface area contributed by atoms with Gasteiger partial charge in [0, 0.05) is 6.07 Å². The van der Waals surface area contributed by atoms with Crippen LogP contribution < -0.4 is 9.47 Å². The second kappa shape index (κ2) is 5.83. The van der Waals surface area contributed by atoms with E-state index in [0.717, 1.165) is 12.1 Å². The van der Waals surface area contributed by atoms with Crippen molar-refractivity contribution in [1.82, 2.24) is 0 Å². The molecule has 0 aliphatic rings. The van der Waals surface area contributed by atoms with Crippen LogP contribution in [0.25, 0.3) is 0 Å². The molecular formula is C14H10O7. The van der Waals surface area contributed by atoms with Crippen molar-refractivity contribution in [3.05, 3.63) is 42.0 Å². The Morgan fingerprint density at radius 1 is 1.00 bits per heavy atom. The van der Waals surface area contributed by atoms with Gasteiger partial charge in [0.1, 0.15) is 5.75 Å². The zero-order chi connectivity index (χ0) is 15.4. The van der Waals surface area contributed by atoms with Crippen LogP contribution in [0.2, 0.25) is 0 Å². The van der Waals surface area contributed by atoms with Crippen molar-refractivity contribution >= 4 is 12.4 Å². The summed E-state index contributed by atoms with van der Waals surface area (Å²) < 4.78 is 9.82. The molecule has 0 fully saturated rings. The normalized spacial score (nSPS) is 9.90. The van der Waals surface area contributed by atoms with E-state index in [4.69, 9.17) is 9.84 Å². The van der Waals surface area contributed by atoms with Crippen LogP contribution in [0.5, 0.6) is 28.7 Å². The third-order valence-electron chi connectivity index (χ3n) is 2.54. The minimum absolute atomic E-state index is 0.00613. The van der Waals surface area contributed by atoms with E-state index < -0.39 is 5.97 Å².